The Kier molecular flexibility index (Phi) is 22.0. The van der Waals surface area contributed by atoms with Gasteiger partial charge < -0.3 is 70.7 Å². The molecule has 91 heavy (non-hydrogen) atoms. The minimum Gasteiger partial charge on any atom is -0.507 e. The van der Waals surface area contributed by atoms with E-state index in [0.717, 1.165) is 67.3 Å². The number of hydrogen-bond acceptors (Lipinski definition) is 13. The summed E-state index contributed by atoms with van der Waals surface area (Å²) in [7, 11) is 0. The molecule has 0 fully saturated rings. The second-order valence-electron chi connectivity index (χ2n) is 21.7. The number of aliphatic carboxylic acids is 1. The molecule has 8 aromatic rings. The highest BCUT2D eigenvalue weighted by molar-refractivity contribution is 5.77. The van der Waals surface area contributed by atoms with Gasteiger partial charge >= 0.3 is 12.1 Å². The van der Waals surface area contributed by atoms with Crippen LogP contribution in [0.5, 0.6) is 23.0 Å². The summed E-state index contributed by atoms with van der Waals surface area (Å²) >= 11 is 0. The van der Waals surface area contributed by atoms with Crippen molar-refractivity contribution in [3.05, 3.63) is 211 Å². The number of benzene rings is 4. The van der Waals surface area contributed by atoms with Crippen LogP contribution in [0.15, 0.2) is 141 Å². The highest BCUT2D eigenvalue weighted by Gasteiger charge is 2.38. The largest absolute Gasteiger partial charge is 0.507 e. The number of alkyl halides is 3. The fourth-order valence-electron chi connectivity index (χ4n) is 10.5. The Bertz CT molecular complexity index is 3700. The maximum absolute atomic E-state index is 12.9. The van der Waals surface area contributed by atoms with E-state index in [4.69, 9.17) is 85.2 Å². The summed E-state index contributed by atoms with van der Waals surface area (Å²) in [6.45, 7) is 5.23. The molecule has 8 bridgehead atoms. The molecule has 474 valence electrons. The first-order chi connectivity index (χ1) is 43.4. The Hall–Kier alpha value is -11.0. The van der Waals surface area contributed by atoms with Crippen molar-refractivity contribution in [1.29, 1.82) is 0 Å². The van der Waals surface area contributed by atoms with Crippen LogP contribution in [-0.4, -0.2) is 97.4 Å². The van der Waals surface area contributed by atoms with Gasteiger partial charge in [0.05, 0.1) is 34.2 Å². The molecule has 0 aliphatic heterocycles. The summed E-state index contributed by atoms with van der Waals surface area (Å²) in [5.74, 6) is -1.61. The monoisotopic (exact) mass is 1240 g/mol. The van der Waals surface area contributed by atoms with Gasteiger partial charge in [-0.2, -0.15) is 13.2 Å². The molecule has 19 N–H and O–H groups in total. The molecule has 0 atom stereocenters. The average Bonchev–Trinajstić information content (AvgIpc) is 1.14. The van der Waals surface area contributed by atoms with Gasteiger partial charge in [0.1, 0.15) is 36.2 Å². The molecule has 0 radical (unpaired) electrons. The van der Waals surface area contributed by atoms with Crippen molar-refractivity contribution in [3.8, 4) is 45.8 Å². The number of fused-ring (bicyclic) bond motifs is 8. The van der Waals surface area contributed by atoms with Gasteiger partial charge in [0, 0.05) is 63.3 Å². The average molecular weight is 1240 g/mol. The number of carboxylic acid groups (broad SMARTS) is 1. The van der Waals surface area contributed by atoms with E-state index in [2.05, 4.69) is 44.2 Å². The number of ether oxygens (including phenoxy) is 2. The van der Waals surface area contributed by atoms with Crippen molar-refractivity contribution in [2.75, 3.05) is 26.2 Å². The Morgan fingerprint density at radius 3 is 0.945 bits per heavy atom. The standard InChI is InChI=1S/C64H72N16O4.C2HF3O2/c1-37-7-3-11-53(77-37)55-13-5-9-51(79-55)35-83-59-47-27-41(17-21-75-63(69)70)28-48(59)32-44-24-40(16-20-74-62(67)68)26-46(58(44)82)34-50-30-42(18-22-76-64(71)72)29-49(33-45-25-39(15-19-73-61(65)66)23-43(31-47)57(45)81)60(50)84-36-52-10-6-14-56(80-52)54-12-4-8-38(2)78-54;3-2(4,5)1(6)7/h3-14,23-30,81-82H,15-22,31-36H2,1-2H3,(H4,65,66,73)(H4,67,68,74)(H4,69,70,75)(H4,71,72,76);(H,6,7). The topological polar surface area (TPSA) is 405 Å². The fourth-order valence-corrected chi connectivity index (χ4v) is 10.5. The molecular formula is C66H73F3N16O6. The summed E-state index contributed by atoms with van der Waals surface area (Å²) in [5, 5.41) is 32.9. The predicted octanol–water partition coefficient (Wildman–Crippen LogP) is 6.36. The van der Waals surface area contributed by atoms with E-state index in [0.29, 0.717) is 108 Å². The number of aryl methyl sites for hydroxylation is 2. The van der Waals surface area contributed by atoms with Crippen LogP contribution in [-0.2, 0) is 69.4 Å². The number of aromatic nitrogens is 4. The van der Waals surface area contributed by atoms with Gasteiger partial charge in [0.2, 0.25) is 0 Å². The SMILES string of the molecule is Cc1cccc(-c2cccc(COc3c4cc(CCN=C(N)N)cc3Cc3cc(CCN=C(N)N)cc(c3O)Cc3cc(CCN=C(N)N)cc(c3OCc3cccc(-c5cccc(C)n5)n3)Cc3cc(CCN=C(N)N)cc(c3O)C4)n2)n1.O=C(O)C(F)(F)F. The Labute approximate surface area is 523 Å². The predicted molar refractivity (Wildman–Crippen MR) is 345 cm³/mol. The number of phenols is 2. The fraction of sp³-hybridized carbons (Fsp3) is 0.258. The van der Waals surface area contributed by atoms with Crippen LogP contribution in [0.4, 0.5) is 13.2 Å². The molecule has 4 heterocycles. The van der Waals surface area contributed by atoms with Crippen molar-refractivity contribution in [2.45, 2.75) is 84.6 Å². The van der Waals surface area contributed by atoms with Gasteiger partial charge in [-0.3, -0.25) is 29.9 Å². The molecule has 25 heteroatoms. The lowest BCUT2D eigenvalue weighted by Crippen LogP contribution is -2.23. The number of aromatic hydroxyl groups is 2. The first kappa shape index (κ1) is 66.0. The summed E-state index contributed by atoms with van der Waals surface area (Å²) in [6, 6.07) is 39.3. The van der Waals surface area contributed by atoms with Gasteiger partial charge in [-0.1, -0.05) is 72.8 Å². The molecule has 4 aromatic carbocycles. The normalized spacial score (nSPS) is 11.7. The van der Waals surface area contributed by atoms with Crippen LogP contribution in [0.3, 0.4) is 0 Å². The highest BCUT2D eigenvalue weighted by atomic mass is 19.4. The van der Waals surface area contributed by atoms with E-state index >= 15 is 0 Å². The second kappa shape index (κ2) is 30.3. The number of pyridine rings is 4. The molecule has 0 amide bonds. The number of phenolic OH excluding ortho intramolecular Hbond substituents is 2. The van der Waals surface area contributed by atoms with Crippen LogP contribution in [0.1, 0.15) is 89.5 Å². The zero-order valence-corrected chi connectivity index (χ0v) is 50.3. The lowest BCUT2D eigenvalue weighted by Gasteiger charge is -2.23. The van der Waals surface area contributed by atoms with E-state index in [-0.39, 0.29) is 74.2 Å². The molecular weight excluding hydrogens is 1170 g/mol. The van der Waals surface area contributed by atoms with Crippen molar-refractivity contribution >= 4 is 29.8 Å². The maximum Gasteiger partial charge on any atom is 0.490 e. The minimum atomic E-state index is -5.08. The first-order valence-corrected chi connectivity index (χ1v) is 29.0. The van der Waals surface area contributed by atoms with Gasteiger partial charge in [-0.25, -0.2) is 14.8 Å². The van der Waals surface area contributed by atoms with Crippen molar-refractivity contribution < 1.29 is 42.8 Å². The van der Waals surface area contributed by atoms with E-state index in [1.807, 2.05) is 111 Å². The number of nitrogens with two attached hydrogens (primary N) is 8. The zero-order chi connectivity index (χ0) is 65.4. The minimum absolute atomic E-state index is 0.0294. The molecule has 0 unspecified atom stereocenters. The third kappa shape index (κ3) is 19.0. The van der Waals surface area contributed by atoms with Gasteiger partial charge in [-0.05, 0) is 155 Å². The molecule has 9 rings (SSSR count). The number of carbonyl (C=O) groups is 1. The van der Waals surface area contributed by atoms with E-state index in [1.165, 1.54) is 0 Å². The van der Waals surface area contributed by atoms with Crippen LogP contribution >= 0.6 is 0 Å². The Balaban J connectivity index is 0.00000144. The smallest absolute Gasteiger partial charge is 0.490 e. The number of aliphatic imine (C=N–C) groups is 4. The Morgan fingerprint density at radius 2 is 0.692 bits per heavy atom. The van der Waals surface area contributed by atoms with Crippen molar-refractivity contribution in [2.24, 2.45) is 65.8 Å². The number of nitrogens with zero attached hydrogens (tertiary/aromatic N) is 8. The van der Waals surface area contributed by atoms with E-state index in [1.54, 1.807) is 0 Å². The molecule has 22 nitrogen and oxygen atoms in total. The van der Waals surface area contributed by atoms with E-state index < -0.39 is 12.1 Å². The van der Waals surface area contributed by atoms with E-state index in [9.17, 15) is 23.4 Å². The van der Waals surface area contributed by atoms with Gasteiger partial charge in [-0.15, -0.1) is 0 Å². The molecule has 0 saturated carbocycles. The van der Waals surface area contributed by atoms with Crippen LogP contribution in [0.25, 0.3) is 22.8 Å². The van der Waals surface area contributed by atoms with Crippen LogP contribution < -0.4 is 55.3 Å². The molecule has 0 spiro atoms. The molecule has 0 saturated heterocycles. The lowest BCUT2D eigenvalue weighted by molar-refractivity contribution is -0.192. The summed E-state index contributed by atoms with van der Waals surface area (Å²) in [5.41, 5.74) is 61.8. The second-order valence-corrected chi connectivity index (χ2v) is 21.7. The zero-order valence-electron chi connectivity index (χ0n) is 50.3. The van der Waals surface area contributed by atoms with Gasteiger partial charge in [0.15, 0.2) is 23.8 Å². The molecule has 1 aliphatic rings. The third-order valence-corrected chi connectivity index (χ3v) is 14.4. The van der Waals surface area contributed by atoms with Crippen molar-refractivity contribution in [3.63, 3.8) is 0 Å². The maximum atomic E-state index is 12.9. The molecule has 1 aliphatic carbocycles. The Morgan fingerprint density at radius 1 is 0.440 bits per heavy atom. The summed E-state index contributed by atoms with van der Waals surface area (Å²) in [6.07, 6.45) is -2.45. The first-order valence-electron chi connectivity index (χ1n) is 29.0. The van der Waals surface area contributed by atoms with Crippen molar-refractivity contribution in [1.82, 2.24) is 19.9 Å². The number of rotatable bonds is 20. The van der Waals surface area contributed by atoms with Gasteiger partial charge in [0.25, 0.3) is 0 Å². The quantitative estimate of drug-likeness (QED) is 0.0292. The highest BCUT2D eigenvalue weighted by Crippen LogP contribution is 2.41. The van der Waals surface area contributed by atoms with Crippen LogP contribution in [0.2, 0.25) is 0 Å². The number of halogens is 3. The summed E-state index contributed by atoms with van der Waals surface area (Å²) in [4.78, 5) is 45.7. The van der Waals surface area contributed by atoms with Crippen LogP contribution in [0, 0.1) is 13.8 Å². The number of guanidine groups is 4. The third-order valence-electron chi connectivity index (χ3n) is 14.4. The number of carboxylic acids is 1. The lowest BCUT2D eigenvalue weighted by atomic mass is 9.87. The summed E-state index contributed by atoms with van der Waals surface area (Å²) < 4.78 is 45.8. The number of hydrogen-bond donors (Lipinski definition) is 11. The molecule has 4 aromatic heterocycles.